The predicted octanol–water partition coefficient (Wildman–Crippen LogP) is 3.31. The van der Waals surface area contributed by atoms with Crippen LogP contribution in [0.2, 0.25) is 18.1 Å². The Morgan fingerprint density at radius 2 is 2.18 bits per heavy atom. The Bertz CT molecular complexity index is 686. The molecule has 0 aromatic carbocycles. The van der Waals surface area contributed by atoms with Crippen molar-refractivity contribution in [1.29, 1.82) is 0 Å². The standard InChI is InChI=1S/C15H26N4OSSi/c1-15(2,3)22(5,6)20-18-10-7-16-8-11-12(10)13-14(19(11)4)17-9-21-13/h9-10,16,18H,7-8H2,1-6H3. The maximum atomic E-state index is 6.25. The van der Waals surface area contributed by atoms with Gasteiger partial charge in [0.15, 0.2) is 5.65 Å². The molecule has 3 heterocycles. The lowest BCUT2D eigenvalue weighted by Crippen LogP contribution is -2.48. The summed E-state index contributed by atoms with van der Waals surface area (Å²) < 4.78 is 9.74. The SMILES string of the molecule is Cn1c2c(c3scnc31)C(NO[Si](C)(C)C(C)(C)C)CNC2. The van der Waals surface area contributed by atoms with Crippen LogP contribution >= 0.6 is 11.3 Å². The second kappa shape index (κ2) is 5.42. The molecule has 0 amide bonds. The molecule has 0 bridgehead atoms. The van der Waals surface area contributed by atoms with E-state index in [1.807, 2.05) is 5.51 Å². The van der Waals surface area contributed by atoms with Gasteiger partial charge in [0, 0.05) is 31.4 Å². The highest BCUT2D eigenvalue weighted by Crippen LogP contribution is 2.38. The van der Waals surface area contributed by atoms with Gasteiger partial charge in [-0.2, -0.15) is 0 Å². The Morgan fingerprint density at radius 3 is 2.86 bits per heavy atom. The summed E-state index contributed by atoms with van der Waals surface area (Å²) in [5.41, 5.74) is 9.07. The van der Waals surface area contributed by atoms with Gasteiger partial charge >= 0.3 is 0 Å². The summed E-state index contributed by atoms with van der Waals surface area (Å²) in [7, 11) is 0.284. The van der Waals surface area contributed by atoms with E-state index in [2.05, 4.69) is 61.3 Å². The molecule has 22 heavy (non-hydrogen) atoms. The number of nitrogens with zero attached hydrogens (tertiary/aromatic N) is 2. The van der Waals surface area contributed by atoms with E-state index in [4.69, 9.17) is 4.53 Å². The molecule has 0 saturated carbocycles. The van der Waals surface area contributed by atoms with E-state index in [0.717, 1.165) is 18.7 Å². The molecule has 1 atom stereocenters. The third-order valence-electron chi connectivity index (χ3n) is 5.08. The van der Waals surface area contributed by atoms with Crippen molar-refractivity contribution in [2.75, 3.05) is 6.54 Å². The fraction of sp³-hybridized carbons (Fsp3) is 0.667. The molecule has 122 valence electrons. The molecule has 1 aliphatic heterocycles. The Morgan fingerprint density at radius 1 is 1.45 bits per heavy atom. The lowest BCUT2D eigenvalue weighted by molar-refractivity contribution is 0.130. The lowest BCUT2D eigenvalue weighted by Gasteiger charge is -2.37. The van der Waals surface area contributed by atoms with Crippen LogP contribution in [-0.4, -0.2) is 24.4 Å². The van der Waals surface area contributed by atoms with Crippen molar-refractivity contribution in [3.05, 3.63) is 16.8 Å². The Hall–Kier alpha value is -0.733. The molecule has 2 aromatic heterocycles. The number of aromatic nitrogens is 2. The number of hydroxylamine groups is 1. The zero-order chi connectivity index (χ0) is 16.1. The van der Waals surface area contributed by atoms with E-state index in [1.54, 1.807) is 11.3 Å². The second-order valence-corrected chi connectivity index (χ2v) is 13.2. The first-order valence-electron chi connectivity index (χ1n) is 7.77. The van der Waals surface area contributed by atoms with Gasteiger partial charge in [-0.1, -0.05) is 20.8 Å². The van der Waals surface area contributed by atoms with Gasteiger partial charge < -0.3 is 14.4 Å². The number of fused-ring (bicyclic) bond motifs is 3. The molecule has 2 N–H and O–H groups in total. The molecular weight excluding hydrogens is 312 g/mol. The van der Waals surface area contributed by atoms with Crippen LogP contribution in [0.1, 0.15) is 38.1 Å². The third-order valence-corrected chi connectivity index (χ3v) is 10.2. The molecule has 0 radical (unpaired) electrons. The van der Waals surface area contributed by atoms with Crippen LogP contribution in [-0.2, 0) is 18.1 Å². The van der Waals surface area contributed by atoms with Crippen molar-refractivity contribution in [2.45, 2.75) is 51.5 Å². The van der Waals surface area contributed by atoms with E-state index >= 15 is 0 Å². The third kappa shape index (κ3) is 2.54. The zero-order valence-electron chi connectivity index (χ0n) is 14.3. The molecule has 1 unspecified atom stereocenters. The van der Waals surface area contributed by atoms with E-state index in [-0.39, 0.29) is 11.1 Å². The minimum atomic E-state index is -1.81. The van der Waals surface area contributed by atoms with Crippen molar-refractivity contribution in [2.24, 2.45) is 7.05 Å². The second-order valence-electron chi connectivity index (χ2n) is 7.59. The van der Waals surface area contributed by atoms with Gasteiger partial charge in [0.25, 0.3) is 0 Å². The van der Waals surface area contributed by atoms with E-state index in [9.17, 15) is 0 Å². The molecular formula is C15H26N4OSSi. The number of rotatable bonds is 3. The quantitative estimate of drug-likeness (QED) is 0.666. The van der Waals surface area contributed by atoms with Crippen molar-refractivity contribution in [1.82, 2.24) is 20.3 Å². The van der Waals surface area contributed by atoms with Crippen LogP contribution < -0.4 is 10.8 Å². The van der Waals surface area contributed by atoms with Crippen LogP contribution in [0.5, 0.6) is 0 Å². The van der Waals surface area contributed by atoms with Gasteiger partial charge in [0.05, 0.1) is 16.3 Å². The minimum absolute atomic E-state index is 0.182. The molecule has 0 saturated heterocycles. The number of aryl methyl sites for hydroxylation is 1. The van der Waals surface area contributed by atoms with Gasteiger partial charge in [0.1, 0.15) is 0 Å². The van der Waals surface area contributed by atoms with Crippen molar-refractivity contribution in [3.8, 4) is 0 Å². The van der Waals surface area contributed by atoms with Crippen LogP contribution in [0, 0.1) is 0 Å². The van der Waals surface area contributed by atoms with Crippen LogP contribution in [0.15, 0.2) is 5.51 Å². The average molecular weight is 339 g/mol. The topological polar surface area (TPSA) is 51.1 Å². The average Bonchev–Trinajstić information content (AvgIpc) is 3.00. The smallest absolute Gasteiger partial charge is 0.219 e. The Kier molecular flexibility index (Phi) is 3.97. The summed E-state index contributed by atoms with van der Waals surface area (Å²) in [4.78, 5) is 4.50. The summed E-state index contributed by atoms with van der Waals surface area (Å²) in [6.07, 6.45) is 0. The Balaban J connectivity index is 1.88. The summed E-state index contributed by atoms with van der Waals surface area (Å²) in [5.74, 6) is 0. The van der Waals surface area contributed by atoms with E-state index in [1.165, 1.54) is 16.0 Å². The van der Waals surface area contributed by atoms with Crippen LogP contribution in [0.25, 0.3) is 10.3 Å². The Labute approximate surface area is 137 Å². The predicted molar refractivity (Wildman–Crippen MR) is 94.5 cm³/mol. The largest absolute Gasteiger partial charge is 0.345 e. The van der Waals surface area contributed by atoms with Gasteiger partial charge in [0.2, 0.25) is 8.32 Å². The highest BCUT2D eigenvalue weighted by atomic mass is 32.1. The maximum absolute atomic E-state index is 6.25. The number of nitrogens with one attached hydrogen (secondary N) is 2. The molecule has 5 nitrogen and oxygen atoms in total. The molecule has 0 aliphatic carbocycles. The first-order valence-corrected chi connectivity index (χ1v) is 11.6. The maximum Gasteiger partial charge on any atom is 0.219 e. The van der Waals surface area contributed by atoms with Gasteiger partial charge in [-0.05, 0) is 18.1 Å². The van der Waals surface area contributed by atoms with Gasteiger partial charge in [-0.25, -0.2) is 10.5 Å². The van der Waals surface area contributed by atoms with Crippen molar-refractivity contribution < 1.29 is 4.53 Å². The number of hydrogen-bond acceptors (Lipinski definition) is 5. The molecule has 0 fully saturated rings. The van der Waals surface area contributed by atoms with E-state index in [0.29, 0.717) is 0 Å². The highest BCUT2D eigenvalue weighted by molar-refractivity contribution is 7.17. The van der Waals surface area contributed by atoms with Crippen molar-refractivity contribution >= 4 is 30.0 Å². The van der Waals surface area contributed by atoms with Crippen LogP contribution in [0.3, 0.4) is 0 Å². The van der Waals surface area contributed by atoms with E-state index < -0.39 is 8.32 Å². The summed E-state index contributed by atoms with van der Waals surface area (Å²) in [6, 6.07) is 0.182. The number of hydrogen-bond donors (Lipinski definition) is 2. The van der Waals surface area contributed by atoms with Gasteiger partial charge in [-0.3, -0.25) is 0 Å². The van der Waals surface area contributed by atoms with Crippen molar-refractivity contribution in [3.63, 3.8) is 0 Å². The minimum Gasteiger partial charge on any atom is -0.345 e. The molecule has 1 aliphatic rings. The molecule has 2 aromatic rings. The highest BCUT2D eigenvalue weighted by Gasteiger charge is 2.39. The normalized spacial score (nSPS) is 19.6. The zero-order valence-corrected chi connectivity index (χ0v) is 16.1. The molecule has 0 spiro atoms. The van der Waals surface area contributed by atoms with Gasteiger partial charge in [-0.15, -0.1) is 11.3 Å². The molecule has 7 heteroatoms. The summed E-state index contributed by atoms with van der Waals surface area (Å²) in [6.45, 7) is 13.1. The fourth-order valence-electron chi connectivity index (χ4n) is 2.59. The summed E-state index contributed by atoms with van der Waals surface area (Å²) >= 11 is 1.72. The summed E-state index contributed by atoms with van der Waals surface area (Å²) in [5, 5.41) is 3.68. The fourth-order valence-corrected chi connectivity index (χ4v) is 4.27. The first kappa shape index (κ1) is 16.1. The number of thiazole rings is 1. The first-order chi connectivity index (χ1) is 10.2. The van der Waals surface area contributed by atoms with Crippen LogP contribution in [0.4, 0.5) is 0 Å². The lowest BCUT2D eigenvalue weighted by atomic mass is 10.0. The molecule has 3 rings (SSSR count). The monoisotopic (exact) mass is 338 g/mol.